The largest absolute Gasteiger partial charge is 0.497 e. The van der Waals surface area contributed by atoms with Gasteiger partial charge in [0, 0.05) is 38.9 Å². The summed E-state index contributed by atoms with van der Waals surface area (Å²) < 4.78 is 11.1. The van der Waals surface area contributed by atoms with Gasteiger partial charge in [-0.25, -0.2) is 0 Å². The summed E-state index contributed by atoms with van der Waals surface area (Å²) in [6, 6.07) is 8.93. The van der Waals surface area contributed by atoms with Crippen molar-refractivity contribution in [2.75, 3.05) is 53.6 Å². The second-order valence-electron chi connectivity index (χ2n) is 8.62. The number of benzene rings is 1. The molecule has 2 N–H and O–H groups in total. The number of methoxy groups -OCH3 is 1. The monoisotopic (exact) mass is 416 g/mol. The Bertz CT molecular complexity index is 645. The van der Waals surface area contributed by atoms with Gasteiger partial charge in [-0.1, -0.05) is 12.1 Å². The molecular weight excluding hydrogens is 376 g/mol. The Morgan fingerprint density at radius 1 is 1.17 bits per heavy atom. The number of rotatable bonds is 11. The smallest absolute Gasteiger partial charge is 0.191 e. The molecule has 0 aromatic heterocycles. The summed E-state index contributed by atoms with van der Waals surface area (Å²) in [5, 5.41) is 6.86. The van der Waals surface area contributed by atoms with Crippen molar-refractivity contribution in [3.63, 3.8) is 0 Å². The van der Waals surface area contributed by atoms with Crippen molar-refractivity contribution in [1.82, 2.24) is 15.5 Å². The molecule has 1 aromatic carbocycles. The van der Waals surface area contributed by atoms with Gasteiger partial charge in [0.05, 0.1) is 7.11 Å². The fourth-order valence-electron chi connectivity index (χ4n) is 4.24. The summed E-state index contributed by atoms with van der Waals surface area (Å²) in [6.07, 6.45) is 6.15. The molecule has 1 saturated heterocycles. The molecular formula is C24H40N4O2. The first kappa shape index (κ1) is 22.9. The van der Waals surface area contributed by atoms with E-state index in [1.54, 1.807) is 7.11 Å². The molecule has 1 heterocycles. The van der Waals surface area contributed by atoms with E-state index in [1.807, 2.05) is 0 Å². The number of hydrogen-bond donors (Lipinski definition) is 2. The summed E-state index contributed by atoms with van der Waals surface area (Å²) in [5.41, 5.74) is 1.35. The van der Waals surface area contributed by atoms with Gasteiger partial charge < -0.3 is 20.1 Å². The predicted molar refractivity (Wildman–Crippen MR) is 123 cm³/mol. The summed E-state index contributed by atoms with van der Waals surface area (Å²) >= 11 is 0. The molecule has 1 aromatic rings. The number of nitrogens with zero attached hydrogens (tertiary/aromatic N) is 2. The van der Waals surface area contributed by atoms with E-state index in [0.717, 1.165) is 63.4 Å². The molecule has 3 rings (SSSR count). The van der Waals surface area contributed by atoms with Gasteiger partial charge in [-0.3, -0.25) is 9.89 Å². The van der Waals surface area contributed by atoms with Gasteiger partial charge in [0.2, 0.25) is 0 Å². The van der Waals surface area contributed by atoms with Crippen LogP contribution in [0.2, 0.25) is 0 Å². The molecule has 30 heavy (non-hydrogen) atoms. The Hall–Kier alpha value is -1.79. The second-order valence-corrected chi connectivity index (χ2v) is 8.62. The highest BCUT2D eigenvalue weighted by atomic mass is 16.5. The molecule has 0 amide bonds. The van der Waals surface area contributed by atoms with Crippen molar-refractivity contribution < 1.29 is 9.47 Å². The molecule has 2 atom stereocenters. The molecule has 1 aliphatic heterocycles. The first-order chi connectivity index (χ1) is 14.7. The zero-order valence-electron chi connectivity index (χ0n) is 19.0. The molecule has 0 bridgehead atoms. The van der Waals surface area contributed by atoms with E-state index in [2.05, 4.69) is 53.8 Å². The molecule has 2 aliphatic rings. The fourth-order valence-corrected chi connectivity index (χ4v) is 4.24. The van der Waals surface area contributed by atoms with Gasteiger partial charge in [-0.15, -0.1) is 0 Å². The van der Waals surface area contributed by atoms with Crippen LogP contribution in [0, 0.1) is 11.8 Å². The van der Waals surface area contributed by atoms with Crippen LogP contribution in [-0.2, 0) is 4.74 Å². The quantitative estimate of drug-likeness (QED) is 0.329. The molecule has 6 heteroatoms. The number of ether oxygens (including phenoxy) is 2. The second kappa shape index (κ2) is 12.2. The average molecular weight is 417 g/mol. The van der Waals surface area contributed by atoms with E-state index in [0.29, 0.717) is 12.0 Å². The van der Waals surface area contributed by atoms with Crippen LogP contribution in [0.1, 0.15) is 50.6 Å². The van der Waals surface area contributed by atoms with Crippen molar-refractivity contribution >= 4 is 5.96 Å². The molecule has 1 saturated carbocycles. The highest BCUT2D eigenvalue weighted by Crippen LogP contribution is 2.35. The summed E-state index contributed by atoms with van der Waals surface area (Å²) in [7, 11) is 3.95. The lowest BCUT2D eigenvalue weighted by molar-refractivity contribution is 0.122. The highest BCUT2D eigenvalue weighted by molar-refractivity contribution is 5.79. The van der Waals surface area contributed by atoms with Crippen LogP contribution in [0.3, 0.4) is 0 Å². The zero-order chi connectivity index (χ0) is 21.2. The van der Waals surface area contributed by atoms with E-state index in [1.165, 1.54) is 31.2 Å². The van der Waals surface area contributed by atoms with Gasteiger partial charge in [0.1, 0.15) is 5.75 Å². The van der Waals surface area contributed by atoms with Crippen LogP contribution < -0.4 is 15.4 Å². The van der Waals surface area contributed by atoms with Gasteiger partial charge in [0.25, 0.3) is 0 Å². The Morgan fingerprint density at radius 3 is 2.67 bits per heavy atom. The molecule has 168 valence electrons. The molecule has 1 aliphatic carbocycles. The highest BCUT2D eigenvalue weighted by Gasteiger charge is 2.30. The van der Waals surface area contributed by atoms with Crippen LogP contribution in [0.5, 0.6) is 5.75 Å². The van der Waals surface area contributed by atoms with E-state index >= 15 is 0 Å². The summed E-state index contributed by atoms with van der Waals surface area (Å²) in [6.45, 7) is 7.61. The van der Waals surface area contributed by atoms with Gasteiger partial charge in [-0.05, 0) is 82.2 Å². The van der Waals surface area contributed by atoms with E-state index < -0.39 is 0 Å². The van der Waals surface area contributed by atoms with E-state index in [9.17, 15) is 0 Å². The number of nitrogens with one attached hydrogen (secondary N) is 2. The summed E-state index contributed by atoms with van der Waals surface area (Å²) in [4.78, 5) is 7.41. The number of hydrogen-bond acceptors (Lipinski definition) is 4. The third-order valence-electron chi connectivity index (χ3n) is 6.10. The molecule has 2 fully saturated rings. The van der Waals surface area contributed by atoms with E-state index in [-0.39, 0.29) is 0 Å². The first-order valence-electron chi connectivity index (χ1n) is 11.7. The van der Waals surface area contributed by atoms with Crippen LogP contribution in [-0.4, -0.2) is 64.4 Å². The number of piperidine rings is 1. The van der Waals surface area contributed by atoms with Crippen LogP contribution in [0.15, 0.2) is 29.3 Å². The lowest BCUT2D eigenvalue weighted by Crippen LogP contribution is -2.40. The van der Waals surface area contributed by atoms with Gasteiger partial charge >= 0.3 is 0 Å². The third kappa shape index (κ3) is 7.17. The van der Waals surface area contributed by atoms with Crippen LogP contribution >= 0.6 is 0 Å². The maximum Gasteiger partial charge on any atom is 0.191 e. The number of aliphatic imine (C=N–C) groups is 1. The minimum absolute atomic E-state index is 0.395. The maximum absolute atomic E-state index is 5.73. The maximum atomic E-state index is 5.73. The van der Waals surface area contributed by atoms with Crippen molar-refractivity contribution in [2.45, 2.75) is 45.1 Å². The molecule has 2 unspecified atom stereocenters. The van der Waals surface area contributed by atoms with Crippen LogP contribution in [0.25, 0.3) is 0 Å². The molecule has 6 nitrogen and oxygen atoms in total. The van der Waals surface area contributed by atoms with Crippen molar-refractivity contribution in [1.29, 1.82) is 0 Å². The summed E-state index contributed by atoms with van der Waals surface area (Å²) in [5.74, 6) is 3.17. The SMILES string of the molecule is CCNC(=NCC1CCCN(C)C1c1ccc(OC)cc1)NCCCOCC1CC1. The Labute approximate surface area is 182 Å². The standard InChI is InChI=1S/C24H40N4O2/c1-4-25-24(26-14-6-16-30-18-19-8-9-19)27-17-21-7-5-15-28(2)23(21)20-10-12-22(29-3)13-11-20/h10-13,19,21,23H,4-9,14-18H2,1-3H3,(H2,25,26,27). The van der Waals surface area contributed by atoms with Gasteiger partial charge in [-0.2, -0.15) is 0 Å². The minimum atomic E-state index is 0.395. The minimum Gasteiger partial charge on any atom is -0.497 e. The Morgan fingerprint density at radius 2 is 1.97 bits per heavy atom. The fraction of sp³-hybridized carbons (Fsp3) is 0.708. The molecule has 0 radical (unpaired) electrons. The third-order valence-corrected chi connectivity index (χ3v) is 6.10. The van der Waals surface area contributed by atoms with Gasteiger partial charge in [0.15, 0.2) is 5.96 Å². The van der Waals surface area contributed by atoms with Crippen molar-refractivity contribution in [2.24, 2.45) is 16.8 Å². The lowest BCUT2D eigenvalue weighted by atomic mass is 9.85. The van der Waals surface area contributed by atoms with Crippen molar-refractivity contribution in [3.8, 4) is 5.75 Å². The number of guanidine groups is 1. The van der Waals surface area contributed by atoms with E-state index in [4.69, 9.17) is 14.5 Å². The average Bonchev–Trinajstić information content (AvgIpc) is 3.59. The topological polar surface area (TPSA) is 58.1 Å². The Kier molecular flexibility index (Phi) is 9.27. The number of likely N-dealkylation sites (tertiary alicyclic amines) is 1. The predicted octanol–water partition coefficient (Wildman–Crippen LogP) is 3.45. The zero-order valence-corrected chi connectivity index (χ0v) is 19.0. The van der Waals surface area contributed by atoms with Crippen LogP contribution in [0.4, 0.5) is 0 Å². The normalized spacial score (nSPS) is 22.7. The Balaban J connectivity index is 1.52. The first-order valence-corrected chi connectivity index (χ1v) is 11.7. The molecule has 0 spiro atoms. The lowest BCUT2D eigenvalue weighted by Gasteiger charge is -2.39. The van der Waals surface area contributed by atoms with Crippen molar-refractivity contribution in [3.05, 3.63) is 29.8 Å².